The van der Waals surface area contributed by atoms with Gasteiger partial charge in [-0.3, -0.25) is 29.0 Å². The maximum Gasteiger partial charge on any atom is 0.317 e. The summed E-state index contributed by atoms with van der Waals surface area (Å²) in [6, 6.07) is -0.886. The molecule has 13 nitrogen and oxygen atoms in total. The van der Waals surface area contributed by atoms with Crippen molar-refractivity contribution in [2.75, 3.05) is 65.6 Å². The number of carboxylic acid groups (broad SMARTS) is 2. The molecule has 3 fully saturated rings. The van der Waals surface area contributed by atoms with E-state index in [1.807, 2.05) is 6.92 Å². The molecule has 3 rings (SSSR count). The number of aliphatic carboxylic acids is 2. The molecule has 2 amide bonds. The van der Waals surface area contributed by atoms with Crippen LogP contribution in [0.4, 0.5) is 0 Å². The summed E-state index contributed by atoms with van der Waals surface area (Å²) in [6.07, 6.45) is 3.06. The Bertz CT molecular complexity index is 820. The number of amides is 2. The van der Waals surface area contributed by atoms with Crippen LogP contribution in [0.15, 0.2) is 0 Å². The molecular weight excluding hydrogens is 524 g/mol. The number of aliphatic hydroxyl groups excluding tert-OH is 3. The molecule has 3 aliphatic rings. The van der Waals surface area contributed by atoms with Crippen LogP contribution in [-0.2, 0) is 19.2 Å². The van der Waals surface area contributed by atoms with Crippen LogP contribution in [0.1, 0.15) is 45.4 Å². The molecule has 2 heterocycles. The molecule has 1 aliphatic carbocycles. The lowest BCUT2D eigenvalue weighted by atomic mass is 9.87. The summed E-state index contributed by atoms with van der Waals surface area (Å²) in [4.78, 5) is 56.7. The Labute approximate surface area is 235 Å². The maximum absolute atomic E-state index is 13.3. The van der Waals surface area contributed by atoms with E-state index in [9.17, 15) is 44.7 Å². The SMILES string of the molecule is CC1CCN(C(=O)CN(CC(=O)O)C2CCCCC2N(CC(=O)O)CC(=O)N2CCC(O)C(CO)C2)CC1CO. The highest BCUT2D eigenvalue weighted by Crippen LogP contribution is 2.29. The molecule has 0 aromatic heterocycles. The molecule has 0 radical (unpaired) electrons. The Morgan fingerprint density at radius 1 is 0.700 bits per heavy atom. The predicted molar refractivity (Wildman–Crippen MR) is 143 cm³/mol. The highest BCUT2D eigenvalue weighted by atomic mass is 16.4. The first-order valence-corrected chi connectivity index (χ1v) is 14.4. The number of hydrogen-bond acceptors (Lipinski definition) is 9. The average Bonchev–Trinajstić information content (AvgIpc) is 2.92. The second-order valence-electron chi connectivity index (χ2n) is 11.7. The van der Waals surface area contributed by atoms with Gasteiger partial charge in [0.1, 0.15) is 0 Å². The summed E-state index contributed by atoms with van der Waals surface area (Å²) in [5.41, 5.74) is 0. The first-order valence-electron chi connectivity index (χ1n) is 14.4. The molecule has 0 aromatic carbocycles. The van der Waals surface area contributed by atoms with Crippen LogP contribution in [0.5, 0.6) is 0 Å². The first-order chi connectivity index (χ1) is 19.0. The fraction of sp³-hybridized carbons (Fsp3) is 0.852. The average molecular weight is 571 g/mol. The van der Waals surface area contributed by atoms with Crippen LogP contribution >= 0.6 is 0 Å². The summed E-state index contributed by atoms with van der Waals surface area (Å²) in [7, 11) is 0. The summed E-state index contributed by atoms with van der Waals surface area (Å²) in [5, 5.41) is 48.7. The number of carbonyl (C=O) groups is 4. The van der Waals surface area contributed by atoms with E-state index in [1.165, 1.54) is 4.90 Å². The Morgan fingerprint density at radius 2 is 1.15 bits per heavy atom. The second kappa shape index (κ2) is 15.1. The molecule has 5 N–H and O–H groups in total. The topological polar surface area (TPSA) is 182 Å². The highest BCUT2D eigenvalue weighted by Gasteiger charge is 2.39. The van der Waals surface area contributed by atoms with Crippen LogP contribution in [-0.4, -0.2) is 153 Å². The predicted octanol–water partition coefficient (Wildman–Crippen LogP) is -1.25. The van der Waals surface area contributed by atoms with E-state index >= 15 is 0 Å². The largest absolute Gasteiger partial charge is 0.480 e. The fourth-order valence-electron chi connectivity index (χ4n) is 6.46. The molecule has 1 saturated carbocycles. The zero-order chi connectivity index (χ0) is 29.4. The van der Waals surface area contributed by atoms with Gasteiger partial charge < -0.3 is 35.3 Å². The van der Waals surface area contributed by atoms with Gasteiger partial charge in [-0.2, -0.15) is 0 Å². The molecule has 40 heavy (non-hydrogen) atoms. The van der Waals surface area contributed by atoms with Crippen molar-refractivity contribution >= 4 is 23.8 Å². The Balaban J connectivity index is 1.77. The maximum atomic E-state index is 13.3. The fourth-order valence-corrected chi connectivity index (χ4v) is 6.46. The quantitative estimate of drug-likeness (QED) is 0.189. The van der Waals surface area contributed by atoms with Gasteiger partial charge in [0, 0.05) is 56.7 Å². The number of likely N-dealkylation sites (tertiary alicyclic amines) is 2. The van der Waals surface area contributed by atoms with E-state index < -0.39 is 49.1 Å². The van der Waals surface area contributed by atoms with Crippen molar-refractivity contribution in [2.24, 2.45) is 17.8 Å². The van der Waals surface area contributed by atoms with Crippen LogP contribution in [0, 0.1) is 17.8 Å². The third kappa shape index (κ3) is 8.59. The van der Waals surface area contributed by atoms with Gasteiger partial charge >= 0.3 is 11.9 Å². The Hall–Kier alpha value is -2.32. The van der Waals surface area contributed by atoms with Crippen LogP contribution in [0.25, 0.3) is 0 Å². The van der Waals surface area contributed by atoms with Crippen molar-refractivity contribution in [1.29, 1.82) is 0 Å². The third-order valence-corrected chi connectivity index (χ3v) is 8.97. The second-order valence-corrected chi connectivity index (χ2v) is 11.7. The van der Waals surface area contributed by atoms with Gasteiger partial charge in [0.25, 0.3) is 0 Å². The minimum Gasteiger partial charge on any atom is -0.480 e. The van der Waals surface area contributed by atoms with Crippen LogP contribution in [0.2, 0.25) is 0 Å². The molecule has 0 aromatic rings. The van der Waals surface area contributed by atoms with Crippen molar-refractivity contribution in [3.05, 3.63) is 0 Å². The number of nitrogens with zero attached hydrogens (tertiary/aromatic N) is 4. The molecule has 2 saturated heterocycles. The number of carboxylic acids is 2. The summed E-state index contributed by atoms with van der Waals surface area (Å²) in [6.45, 7) is 2.03. The number of hydrogen-bond donors (Lipinski definition) is 5. The van der Waals surface area contributed by atoms with Crippen molar-refractivity contribution < 1.29 is 44.7 Å². The van der Waals surface area contributed by atoms with E-state index in [2.05, 4.69) is 0 Å². The number of piperidine rings is 2. The lowest BCUT2D eigenvalue weighted by Gasteiger charge is -2.45. The van der Waals surface area contributed by atoms with E-state index in [0.717, 1.165) is 19.3 Å². The van der Waals surface area contributed by atoms with Gasteiger partial charge in [-0.25, -0.2) is 0 Å². The Kier molecular flexibility index (Phi) is 12.1. The summed E-state index contributed by atoms with van der Waals surface area (Å²) < 4.78 is 0. The Morgan fingerprint density at radius 3 is 1.60 bits per heavy atom. The molecular formula is C27H46N4O9. The molecule has 6 atom stereocenters. The minimum absolute atomic E-state index is 0.0261. The van der Waals surface area contributed by atoms with E-state index in [1.54, 1.807) is 14.7 Å². The van der Waals surface area contributed by atoms with E-state index in [0.29, 0.717) is 38.9 Å². The van der Waals surface area contributed by atoms with Gasteiger partial charge in [-0.05, 0) is 31.6 Å². The molecule has 2 aliphatic heterocycles. The minimum atomic E-state index is -1.11. The smallest absolute Gasteiger partial charge is 0.317 e. The van der Waals surface area contributed by atoms with Crippen molar-refractivity contribution in [3.63, 3.8) is 0 Å². The molecule has 13 heteroatoms. The van der Waals surface area contributed by atoms with E-state index in [-0.39, 0.29) is 56.5 Å². The van der Waals surface area contributed by atoms with Crippen LogP contribution in [0.3, 0.4) is 0 Å². The van der Waals surface area contributed by atoms with Crippen molar-refractivity contribution in [3.8, 4) is 0 Å². The molecule has 6 unspecified atom stereocenters. The van der Waals surface area contributed by atoms with Gasteiger partial charge in [0.05, 0.1) is 38.9 Å². The van der Waals surface area contributed by atoms with Gasteiger partial charge in [0.15, 0.2) is 0 Å². The monoisotopic (exact) mass is 570 g/mol. The zero-order valence-electron chi connectivity index (χ0n) is 23.4. The lowest BCUT2D eigenvalue weighted by Crippen LogP contribution is -2.59. The highest BCUT2D eigenvalue weighted by molar-refractivity contribution is 5.80. The van der Waals surface area contributed by atoms with Crippen molar-refractivity contribution in [1.82, 2.24) is 19.6 Å². The summed E-state index contributed by atoms with van der Waals surface area (Å²) in [5.74, 6) is -2.96. The van der Waals surface area contributed by atoms with Gasteiger partial charge in [-0.15, -0.1) is 0 Å². The summed E-state index contributed by atoms with van der Waals surface area (Å²) >= 11 is 0. The third-order valence-electron chi connectivity index (χ3n) is 8.97. The van der Waals surface area contributed by atoms with Gasteiger partial charge in [0.2, 0.25) is 11.8 Å². The standard InChI is InChI=1S/C27H46N4O9/c1-18-6-8-28(10-19(18)16-32)24(35)12-30(14-26(37)38)21-4-2-3-5-22(21)31(15-27(39)40)13-25(36)29-9-7-23(34)20(11-29)17-33/h18-23,32-34H,2-17H2,1H3,(H,37,38)(H,39,40). The molecule has 228 valence electrons. The van der Waals surface area contributed by atoms with Gasteiger partial charge in [-0.1, -0.05) is 19.8 Å². The number of carbonyl (C=O) groups excluding carboxylic acids is 2. The molecule has 0 spiro atoms. The van der Waals surface area contributed by atoms with E-state index in [4.69, 9.17) is 0 Å². The lowest BCUT2D eigenvalue weighted by molar-refractivity contribution is -0.147. The van der Waals surface area contributed by atoms with Crippen LogP contribution < -0.4 is 0 Å². The molecule has 0 bridgehead atoms. The number of aliphatic hydroxyl groups is 3. The van der Waals surface area contributed by atoms with Crippen molar-refractivity contribution in [2.45, 2.75) is 63.6 Å². The first kappa shape index (κ1) is 32.2. The number of rotatable bonds is 12. The normalized spacial score (nSPS) is 29.6. The zero-order valence-corrected chi connectivity index (χ0v) is 23.4.